The van der Waals surface area contributed by atoms with Gasteiger partial charge in [-0.3, -0.25) is 4.79 Å². The molecule has 0 bridgehead atoms. The maximum atomic E-state index is 12.2. The monoisotopic (exact) mass is 395 g/mol. The van der Waals surface area contributed by atoms with Crippen LogP contribution in [-0.4, -0.2) is 30.6 Å². The van der Waals surface area contributed by atoms with Crippen LogP contribution in [0.4, 0.5) is 0 Å². The molecule has 0 aliphatic rings. The largest absolute Gasteiger partial charge is 0.497 e. The summed E-state index contributed by atoms with van der Waals surface area (Å²) in [5.41, 5.74) is 2.45. The van der Waals surface area contributed by atoms with Gasteiger partial charge in [0.15, 0.2) is 12.4 Å². The predicted octanol–water partition coefficient (Wildman–Crippen LogP) is 3.92. The smallest absolute Gasteiger partial charge is 0.338 e. The highest BCUT2D eigenvalue weighted by atomic mass is 16.5. The first-order valence-electron chi connectivity index (χ1n) is 8.97. The van der Waals surface area contributed by atoms with Crippen LogP contribution in [-0.2, 0) is 11.3 Å². The van der Waals surface area contributed by atoms with Gasteiger partial charge in [-0.15, -0.1) is 0 Å². The second-order valence-electron chi connectivity index (χ2n) is 6.34. The van der Waals surface area contributed by atoms with Crippen molar-refractivity contribution in [3.05, 3.63) is 76.7 Å². The van der Waals surface area contributed by atoms with Crippen LogP contribution in [0.25, 0.3) is 0 Å². The zero-order valence-electron chi connectivity index (χ0n) is 16.4. The van der Waals surface area contributed by atoms with Gasteiger partial charge in [-0.1, -0.05) is 5.16 Å². The van der Waals surface area contributed by atoms with Crippen LogP contribution in [0.1, 0.15) is 37.7 Å². The van der Waals surface area contributed by atoms with Crippen molar-refractivity contribution in [3.8, 4) is 11.5 Å². The Labute approximate surface area is 168 Å². The average Bonchev–Trinajstić information content (AvgIpc) is 3.08. The molecule has 0 unspecified atom stereocenters. The van der Waals surface area contributed by atoms with Crippen molar-refractivity contribution in [1.29, 1.82) is 0 Å². The zero-order chi connectivity index (χ0) is 20.8. The van der Waals surface area contributed by atoms with Gasteiger partial charge in [-0.25, -0.2) is 4.79 Å². The van der Waals surface area contributed by atoms with Gasteiger partial charge in [0.25, 0.3) is 0 Å². The van der Waals surface area contributed by atoms with Crippen LogP contribution in [0.5, 0.6) is 11.5 Å². The average molecular weight is 395 g/mol. The lowest BCUT2D eigenvalue weighted by molar-refractivity contribution is 0.0474. The Morgan fingerprint density at radius 2 is 1.55 bits per heavy atom. The summed E-state index contributed by atoms with van der Waals surface area (Å²) in [6.45, 7) is 3.66. The van der Waals surface area contributed by atoms with Gasteiger partial charge in [0.05, 0.1) is 23.9 Å². The van der Waals surface area contributed by atoms with Crippen molar-refractivity contribution >= 4 is 11.8 Å². The lowest BCUT2D eigenvalue weighted by atomic mass is 10.1. The standard InChI is InChI=1S/C22H21NO6/c1-14-20(15(2)29-23-14)12-27-19-10-6-17(7-11-19)22(25)28-13-21(24)16-4-8-18(26-3)9-5-16/h4-11H,12-13H2,1-3H3. The van der Waals surface area contributed by atoms with Crippen molar-refractivity contribution in [1.82, 2.24) is 5.16 Å². The van der Waals surface area contributed by atoms with E-state index in [4.69, 9.17) is 18.7 Å². The fourth-order valence-corrected chi connectivity index (χ4v) is 2.63. The number of hydrogen-bond donors (Lipinski definition) is 0. The molecule has 0 aliphatic carbocycles. The molecule has 0 amide bonds. The molecule has 3 rings (SSSR count). The van der Waals surface area contributed by atoms with E-state index in [1.54, 1.807) is 55.6 Å². The van der Waals surface area contributed by atoms with Crippen molar-refractivity contribution in [2.24, 2.45) is 0 Å². The summed E-state index contributed by atoms with van der Waals surface area (Å²) >= 11 is 0. The topological polar surface area (TPSA) is 87.9 Å². The Morgan fingerprint density at radius 1 is 0.931 bits per heavy atom. The molecule has 0 atom stereocenters. The maximum absolute atomic E-state index is 12.2. The quantitative estimate of drug-likeness (QED) is 0.422. The molecular weight excluding hydrogens is 374 g/mol. The number of Topliss-reactive ketones (excluding diaryl/α,β-unsaturated/α-hetero) is 1. The summed E-state index contributed by atoms with van der Waals surface area (Å²) in [6, 6.07) is 13.1. The number of carbonyl (C=O) groups is 2. The van der Waals surface area contributed by atoms with E-state index < -0.39 is 5.97 Å². The molecule has 7 heteroatoms. The van der Waals surface area contributed by atoms with Crippen LogP contribution in [0.2, 0.25) is 0 Å². The molecular formula is C22H21NO6. The van der Waals surface area contributed by atoms with Crippen LogP contribution in [0.3, 0.4) is 0 Å². The summed E-state index contributed by atoms with van der Waals surface area (Å²) < 4.78 is 21.0. The summed E-state index contributed by atoms with van der Waals surface area (Å²) in [4.78, 5) is 24.3. The molecule has 0 aliphatic heterocycles. The van der Waals surface area contributed by atoms with E-state index in [1.807, 2.05) is 13.8 Å². The molecule has 0 saturated carbocycles. The van der Waals surface area contributed by atoms with Crippen molar-refractivity contribution < 1.29 is 28.3 Å². The number of esters is 1. The second-order valence-corrected chi connectivity index (χ2v) is 6.34. The SMILES string of the molecule is COc1ccc(C(=O)COC(=O)c2ccc(OCc3c(C)noc3C)cc2)cc1. The molecule has 29 heavy (non-hydrogen) atoms. The van der Waals surface area contributed by atoms with E-state index in [0.29, 0.717) is 35.0 Å². The zero-order valence-corrected chi connectivity index (χ0v) is 16.4. The predicted molar refractivity (Wildman–Crippen MR) is 104 cm³/mol. The number of aromatic nitrogens is 1. The van der Waals surface area contributed by atoms with Crippen LogP contribution < -0.4 is 9.47 Å². The lowest BCUT2D eigenvalue weighted by Crippen LogP contribution is -2.14. The molecule has 0 fully saturated rings. The summed E-state index contributed by atoms with van der Waals surface area (Å²) in [6.07, 6.45) is 0. The number of carbonyl (C=O) groups excluding carboxylic acids is 2. The van der Waals surface area contributed by atoms with Crippen LogP contribution in [0.15, 0.2) is 53.1 Å². The number of nitrogens with zero attached hydrogens (tertiary/aromatic N) is 1. The highest BCUT2D eigenvalue weighted by molar-refractivity contribution is 5.99. The highest BCUT2D eigenvalue weighted by Crippen LogP contribution is 2.18. The number of rotatable bonds is 8. The third-order valence-corrected chi connectivity index (χ3v) is 4.40. The van der Waals surface area contributed by atoms with Crippen LogP contribution in [0, 0.1) is 13.8 Å². The van der Waals surface area contributed by atoms with Crippen molar-refractivity contribution in [3.63, 3.8) is 0 Å². The maximum Gasteiger partial charge on any atom is 0.338 e. The van der Waals surface area contributed by atoms with E-state index in [1.165, 1.54) is 0 Å². The van der Waals surface area contributed by atoms with Gasteiger partial charge in [0.1, 0.15) is 23.9 Å². The number of methoxy groups -OCH3 is 1. The molecule has 0 spiro atoms. The minimum Gasteiger partial charge on any atom is -0.497 e. The molecule has 1 aromatic heterocycles. The Morgan fingerprint density at radius 3 is 2.14 bits per heavy atom. The number of aryl methyl sites for hydroxylation is 2. The van der Waals surface area contributed by atoms with Crippen molar-refractivity contribution in [2.75, 3.05) is 13.7 Å². The molecule has 1 heterocycles. The first-order valence-corrected chi connectivity index (χ1v) is 8.97. The van der Waals surface area contributed by atoms with E-state index in [0.717, 1.165) is 11.3 Å². The molecule has 150 valence electrons. The molecule has 0 radical (unpaired) electrons. The Bertz CT molecular complexity index is 970. The van der Waals surface area contributed by atoms with E-state index in [9.17, 15) is 9.59 Å². The summed E-state index contributed by atoms with van der Waals surface area (Å²) in [5.74, 6) is 1.08. The van der Waals surface area contributed by atoms with Gasteiger partial charge < -0.3 is 18.7 Å². The van der Waals surface area contributed by atoms with Gasteiger partial charge in [0, 0.05) is 5.56 Å². The summed E-state index contributed by atoms with van der Waals surface area (Å²) in [5, 5.41) is 3.88. The van der Waals surface area contributed by atoms with Gasteiger partial charge >= 0.3 is 5.97 Å². The minimum absolute atomic E-state index is 0.291. The van der Waals surface area contributed by atoms with Gasteiger partial charge in [-0.05, 0) is 62.4 Å². The van der Waals surface area contributed by atoms with Gasteiger partial charge in [0.2, 0.25) is 0 Å². The molecule has 0 N–H and O–H groups in total. The first kappa shape index (κ1) is 20.1. The molecule has 7 nitrogen and oxygen atoms in total. The van der Waals surface area contributed by atoms with Gasteiger partial charge in [-0.2, -0.15) is 0 Å². The molecule has 2 aromatic carbocycles. The molecule has 0 saturated heterocycles. The Kier molecular flexibility index (Phi) is 6.29. The fourth-order valence-electron chi connectivity index (χ4n) is 2.63. The minimum atomic E-state index is -0.580. The second kappa shape index (κ2) is 9.05. The van der Waals surface area contributed by atoms with Crippen LogP contribution >= 0.6 is 0 Å². The molecule has 3 aromatic rings. The van der Waals surface area contributed by atoms with Crippen molar-refractivity contribution in [2.45, 2.75) is 20.5 Å². The Balaban J connectivity index is 1.52. The van der Waals surface area contributed by atoms with E-state index in [2.05, 4.69) is 5.16 Å². The van der Waals surface area contributed by atoms with E-state index in [-0.39, 0.29) is 12.4 Å². The lowest BCUT2D eigenvalue weighted by Gasteiger charge is -2.08. The Hall–Kier alpha value is -3.61. The fraction of sp³-hybridized carbons (Fsp3) is 0.227. The number of ketones is 1. The third-order valence-electron chi connectivity index (χ3n) is 4.40. The number of benzene rings is 2. The highest BCUT2D eigenvalue weighted by Gasteiger charge is 2.13. The van der Waals surface area contributed by atoms with E-state index >= 15 is 0 Å². The number of ether oxygens (including phenoxy) is 3. The normalized spacial score (nSPS) is 10.4. The number of hydrogen-bond acceptors (Lipinski definition) is 7. The third kappa shape index (κ3) is 5.01. The first-order chi connectivity index (χ1) is 14.0. The summed E-state index contributed by atoms with van der Waals surface area (Å²) in [7, 11) is 1.55.